The van der Waals surface area contributed by atoms with Crippen molar-refractivity contribution in [2.24, 2.45) is 11.8 Å². The second-order valence-electron chi connectivity index (χ2n) is 3.94. The highest BCUT2D eigenvalue weighted by Gasteiger charge is 2.63. The van der Waals surface area contributed by atoms with Crippen LogP contribution in [0.25, 0.3) is 0 Å². The maximum atomic E-state index is 8.99. The van der Waals surface area contributed by atoms with E-state index >= 15 is 0 Å². The summed E-state index contributed by atoms with van der Waals surface area (Å²) >= 11 is 0. The van der Waals surface area contributed by atoms with Crippen molar-refractivity contribution in [3.05, 3.63) is 34.9 Å². The van der Waals surface area contributed by atoms with Gasteiger partial charge in [0.15, 0.2) is 11.4 Å². The number of rotatable bonds is 0. The number of nitriles is 2. The van der Waals surface area contributed by atoms with Gasteiger partial charge in [-0.2, -0.15) is 10.5 Å². The van der Waals surface area contributed by atoms with Crippen LogP contribution in [0.5, 0.6) is 0 Å². The summed E-state index contributed by atoms with van der Waals surface area (Å²) in [5, 5.41) is 18.0. The normalized spacial score (nSPS) is 49.1. The molecule has 0 radical (unpaired) electrons. The average Bonchev–Trinajstić information content (AvgIpc) is 2.98. The van der Waals surface area contributed by atoms with Crippen LogP contribution in [-0.2, 0) is 0 Å². The van der Waals surface area contributed by atoms with Crippen molar-refractivity contribution in [1.82, 2.24) is 9.97 Å². The maximum Gasteiger partial charge on any atom is 0.177 e. The Bertz CT molecular complexity index is 820. The van der Waals surface area contributed by atoms with E-state index in [9.17, 15) is 0 Å². The van der Waals surface area contributed by atoms with E-state index in [-0.39, 0.29) is 34.9 Å². The molecule has 1 saturated carbocycles. The average molecular weight is 210 g/mol. The van der Waals surface area contributed by atoms with Gasteiger partial charge in [0.25, 0.3) is 0 Å². The second-order valence-corrected chi connectivity index (χ2v) is 3.94. The van der Waals surface area contributed by atoms with Gasteiger partial charge in [-0.1, -0.05) is 12.1 Å². The molecule has 4 nitrogen and oxygen atoms in total. The first-order valence-corrected chi connectivity index (χ1v) is 4.83. The first-order chi connectivity index (χ1) is 9.42. The Morgan fingerprint density at radius 2 is 1.88 bits per heavy atom. The molecule has 74 valence electrons. The lowest BCUT2D eigenvalue weighted by molar-refractivity contribution is 0.729. The summed E-state index contributed by atoms with van der Waals surface area (Å²) < 4.78 is 32.7. The Labute approximate surface area is 97.5 Å². The summed E-state index contributed by atoms with van der Waals surface area (Å²) in [7, 11) is 0. The zero-order valence-corrected chi connectivity index (χ0v) is 7.94. The van der Waals surface area contributed by atoms with E-state index in [1.54, 1.807) is 12.1 Å². The van der Waals surface area contributed by atoms with Gasteiger partial charge in [-0.05, 0) is 11.8 Å². The number of nitrogens with zero attached hydrogens (tertiary/aromatic N) is 4. The van der Waals surface area contributed by atoms with E-state index in [2.05, 4.69) is 9.97 Å². The van der Waals surface area contributed by atoms with Crippen LogP contribution in [0.2, 0.25) is 0 Å². The molecule has 0 spiro atoms. The van der Waals surface area contributed by atoms with E-state index in [0.717, 1.165) is 0 Å². The van der Waals surface area contributed by atoms with E-state index in [1.165, 1.54) is 0 Å². The van der Waals surface area contributed by atoms with Crippen molar-refractivity contribution in [2.75, 3.05) is 0 Å². The topological polar surface area (TPSA) is 73.4 Å². The molecule has 1 aromatic heterocycles. The highest BCUT2D eigenvalue weighted by Crippen LogP contribution is 2.70. The van der Waals surface area contributed by atoms with Gasteiger partial charge < -0.3 is 0 Å². The minimum atomic E-state index is -1.56. The second kappa shape index (κ2) is 2.31. The van der Waals surface area contributed by atoms with Gasteiger partial charge in [0.1, 0.15) is 12.1 Å². The third kappa shape index (κ3) is 0.686. The summed E-state index contributed by atoms with van der Waals surface area (Å²) in [5.74, 6) is -3.84. The molecule has 0 aromatic carbocycles. The van der Waals surface area contributed by atoms with E-state index < -0.39 is 23.6 Å². The lowest BCUT2D eigenvalue weighted by Crippen LogP contribution is -2.05. The molecule has 0 amide bonds. The van der Waals surface area contributed by atoms with Gasteiger partial charge in [-0.3, -0.25) is 0 Å². The maximum absolute atomic E-state index is 8.99. The predicted molar refractivity (Wildman–Crippen MR) is 53.1 cm³/mol. The minimum absolute atomic E-state index is 0.0168. The monoisotopic (exact) mass is 210 g/mol. The Morgan fingerprint density at radius 1 is 1.19 bits per heavy atom. The highest BCUT2D eigenvalue weighted by atomic mass is 14.9. The molecule has 4 atom stereocenters. The lowest BCUT2D eigenvalue weighted by Gasteiger charge is -2.06. The van der Waals surface area contributed by atoms with Crippen molar-refractivity contribution in [3.8, 4) is 12.1 Å². The third-order valence-corrected chi connectivity index (χ3v) is 3.20. The summed E-state index contributed by atoms with van der Waals surface area (Å²) in [6.45, 7) is 0. The molecule has 1 fully saturated rings. The Kier molecular flexibility index (Phi) is 0.753. The lowest BCUT2D eigenvalue weighted by atomic mass is 10.1. The van der Waals surface area contributed by atoms with E-state index in [0.29, 0.717) is 0 Å². The number of aromatic nitrogens is 2. The van der Waals surface area contributed by atoms with Gasteiger partial charge in [-0.15, -0.1) is 0 Å². The fraction of sp³-hybridized carbons (Fsp3) is 0.333. The van der Waals surface area contributed by atoms with Gasteiger partial charge in [-0.25, -0.2) is 9.97 Å². The van der Waals surface area contributed by atoms with Crippen LogP contribution in [-0.4, -0.2) is 9.97 Å². The summed E-state index contributed by atoms with van der Waals surface area (Å²) in [6.07, 6.45) is 0. The molecule has 3 aliphatic rings. The molecule has 0 bridgehead atoms. The third-order valence-electron chi connectivity index (χ3n) is 3.20. The van der Waals surface area contributed by atoms with Crippen LogP contribution >= 0.6 is 0 Å². The van der Waals surface area contributed by atoms with Crippen LogP contribution < -0.4 is 0 Å². The Balaban J connectivity index is 2.08. The van der Waals surface area contributed by atoms with E-state index in [1.807, 2.05) is 0 Å². The van der Waals surface area contributed by atoms with Crippen LogP contribution in [0.4, 0.5) is 0 Å². The summed E-state index contributed by atoms with van der Waals surface area (Å²) in [6, 6.07) is 3.34. The SMILES string of the molecule is [2H]C1=C([2H])C2([2H])c3nc(C#N)c(C#N)nc3C3([2H])C1C23. The molecule has 1 aromatic rings. The molecule has 4 unspecified atom stereocenters. The molecular formula is C12H6N4. The zero-order valence-electron chi connectivity index (χ0n) is 11.9. The molecular weight excluding hydrogens is 200 g/mol. The Morgan fingerprint density at radius 3 is 2.56 bits per heavy atom. The standard InChI is InChI=1S/C12H6N4/c13-3-7-8(4-14)16-12-10-5-1-2-6(9(5)10)11(12)15-7/h1-2,5-6,9-10H/i1D,2D,6D,10D. The van der Waals surface area contributed by atoms with Crippen molar-refractivity contribution < 1.29 is 5.48 Å². The molecule has 4 rings (SSSR count). The van der Waals surface area contributed by atoms with Crippen LogP contribution in [0.1, 0.15) is 40.0 Å². The number of hydrogen-bond acceptors (Lipinski definition) is 4. The highest BCUT2D eigenvalue weighted by molar-refractivity contribution is 5.51. The number of hydrogen-bond donors (Lipinski definition) is 0. The predicted octanol–water partition coefficient (Wildman–Crippen LogP) is 1.22. The number of allylic oxidation sites excluding steroid dienone is 2. The van der Waals surface area contributed by atoms with Crippen molar-refractivity contribution in [3.63, 3.8) is 0 Å². The van der Waals surface area contributed by atoms with Gasteiger partial charge in [0.2, 0.25) is 0 Å². The smallest absolute Gasteiger partial charge is 0.177 e. The van der Waals surface area contributed by atoms with Crippen LogP contribution in [0.15, 0.2) is 12.1 Å². The fourth-order valence-electron chi connectivity index (χ4n) is 2.46. The largest absolute Gasteiger partial charge is 0.237 e. The molecule has 0 saturated heterocycles. The summed E-state index contributed by atoms with van der Waals surface area (Å²) in [5.41, 5.74) is -0.0707. The van der Waals surface area contributed by atoms with Crippen LogP contribution in [0, 0.1) is 34.5 Å². The van der Waals surface area contributed by atoms with Gasteiger partial charge in [0, 0.05) is 14.5 Å². The van der Waals surface area contributed by atoms with Crippen molar-refractivity contribution in [1.29, 1.82) is 10.5 Å². The minimum Gasteiger partial charge on any atom is -0.237 e. The number of fused-ring (bicyclic) bond motifs is 4. The van der Waals surface area contributed by atoms with Crippen molar-refractivity contribution >= 4 is 0 Å². The fourth-order valence-corrected chi connectivity index (χ4v) is 2.46. The molecule has 0 N–H and O–H groups in total. The quantitative estimate of drug-likeness (QED) is 0.603. The molecule has 4 heteroatoms. The van der Waals surface area contributed by atoms with Crippen LogP contribution in [0.3, 0.4) is 0 Å². The van der Waals surface area contributed by atoms with Gasteiger partial charge in [0.05, 0.1) is 14.1 Å². The van der Waals surface area contributed by atoms with E-state index in [4.69, 9.17) is 16.0 Å². The zero-order chi connectivity index (χ0) is 14.4. The molecule has 0 aliphatic heterocycles. The molecule has 3 aliphatic carbocycles. The Hall–Kier alpha value is -2.20. The molecule has 1 heterocycles. The first kappa shape index (κ1) is 5.23. The van der Waals surface area contributed by atoms with Crippen molar-refractivity contribution in [2.45, 2.75) is 11.8 Å². The molecule has 16 heavy (non-hydrogen) atoms. The first-order valence-electron chi connectivity index (χ1n) is 6.83. The summed E-state index contributed by atoms with van der Waals surface area (Å²) in [4.78, 5) is 8.06. The van der Waals surface area contributed by atoms with Gasteiger partial charge >= 0.3 is 0 Å².